The van der Waals surface area contributed by atoms with Gasteiger partial charge in [0.25, 0.3) is 5.56 Å². The van der Waals surface area contributed by atoms with Crippen molar-refractivity contribution in [1.29, 1.82) is 0 Å². The van der Waals surface area contributed by atoms with Crippen LogP contribution in [0.5, 0.6) is 5.88 Å². The van der Waals surface area contributed by atoms with Crippen LogP contribution in [-0.2, 0) is 0 Å². The van der Waals surface area contributed by atoms with Crippen molar-refractivity contribution in [2.45, 2.75) is 46.1 Å². The van der Waals surface area contributed by atoms with Crippen molar-refractivity contribution in [3.63, 3.8) is 0 Å². The lowest BCUT2D eigenvalue weighted by atomic mass is 10.0. The molecule has 0 saturated heterocycles. The highest BCUT2D eigenvalue weighted by Gasteiger charge is 2.14. The molecule has 128 valence electrons. The molecule has 0 amide bonds. The molecule has 1 aromatic heterocycles. The summed E-state index contributed by atoms with van der Waals surface area (Å²) in [6.07, 6.45) is 2.16. The molecule has 1 atom stereocenters. The van der Waals surface area contributed by atoms with Gasteiger partial charge in [-0.2, -0.15) is 0 Å². The Kier molecular flexibility index (Phi) is 5.72. The van der Waals surface area contributed by atoms with Crippen LogP contribution >= 0.6 is 12.2 Å². The number of aliphatic imine (C=N–C) groups is 1. The third-order valence-corrected chi connectivity index (χ3v) is 4.39. The zero-order valence-electron chi connectivity index (χ0n) is 14.4. The SMILES string of the molecule is CC[C@H](C)n1c(O)c(C=Nc2ccc(C(C)C)cc2)c(=O)[nH]c1=S. The summed E-state index contributed by atoms with van der Waals surface area (Å²) in [6.45, 7) is 8.17. The molecular weight excluding hydrogens is 322 g/mol. The summed E-state index contributed by atoms with van der Waals surface area (Å²) in [6, 6.07) is 7.77. The second-order valence-corrected chi connectivity index (χ2v) is 6.51. The number of rotatable bonds is 5. The van der Waals surface area contributed by atoms with Crippen LogP contribution in [0.25, 0.3) is 0 Å². The number of aromatic hydroxyl groups is 1. The Labute approximate surface area is 146 Å². The highest BCUT2D eigenvalue weighted by atomic mass is 32.1. The van der Waals surface area contributed by atoms with E-state index in [2.05, 4.69) is 23.8 Å². The van der Waals surface area contributed by atoms with Gasteiger partial charge in [-0.25, -0.2) is 0 Å². The lowest BCUT2D eigenvalue weighted by molar-refractivity contribution is 0.371. The van der Waals surface area contributed by atoms with Gasteiger partial charge in [0, 0.05) is 12.3 Å². The van der Waals surface area contributed by atoms with Crippen LogP contribution < -0.4 is 5.56 Å². The zero-order chi connectivity index (χ0) is 17.9. The van der Waals surface area contributed by atoms with Crippen molar-refractivity contribution in [1.82, 2.24) is 9.55 Å². The Morgan fingerprint density at radius 2 is 1.92 bits per heavy atom. The number of nitrogens with zero attached hydrogens (tertiary/aromatic N) is 2. The van der Waals surface area contributed by atoms with Crippen molar-refractivity contribution < 1.29 is 5.11 Å². The Morgan fingerprint density at radius 3 is 2.46 bits per heavy atom. The quantitative estimate of drug-likeness (QED) is 0.621. The Morgan fingerprint density at radius 1 is 1.29 bits per heavy atom. The van der Waals surface area contributed by atoms with Crippen LogP contribution in [0.1, 0.15) is 57.2 Å². The van der Waals surface area contributed by atoms with Crippen molar-refractivity contribution in [2.24, 2.45) is 4.99 Å². The first-order valence-electron chi connectivity index (χ1n) is 8.07. The summed E-state index contributed by atoms with van der Waals surface area (Å²) < 4.78 is 1.75. The van der Waals surface area contributed by atoms with E-state index in [0.717, 1.165) is 12.1 Å². The molecule has 0 fully saturated rings. The minimum absolute atomic E-state index is 0.0215. The number of hydrogen-bond donors (Lipinski definition) is 2. The maximum atomic E-state index is 12.1. The topological polar surface area (TPSA) is 70.4 Å². The van der Waals surface area contributed by atoms with Gasteiger partial charge in [0.15, 0.2) is 4.77 Å². The molecule has 2 N–H and O–H groups in total. The Balaban J connectivity index is 2.42. The van der Waals surface area contributed by atoms with Crippen LogP contribution in [0, 0.1) is 4.77 Å². The van der Waals surface area contributed by atoms with Crippen LogP contribution in [0.15, 0.2) is 34.1 Å². The lowest BCUT2D eigenvalue weighted by Gasteiger charge is -2.16. The zero-order valence-corrected chi connectivity index (χ0v) is 15.2. The number of nitrogens with one attached hydrogen (secondary N) is 1. The molecule has 0 radical (unpaired) electrons. The van der Waals surface area contributed by atoms with Gasteiger partial charge in [-0.3, -0.25) is 19.3 Å². The van der Waals surface area contributed by atoms with Crippen LogP contribution in [0.3, 0.4) is 0 Å². The van der Waals surface area contributed by atoms with E-state index in [1.165, 1.54) is 11.8 Å². The molecular formula is C18H23N3O2S. The standard InChI is InChI=1S/C18H23N3O2S/c1-5-12(4)21-17(23)15(16(22)20-18(21)24)10-19-14-8-6-13(7-9-14)11(2)3/h6-12,23H,5H2,1-4H3,(H,20,22,24)/t12-/m0/s1. The molecule has 5 nitrogen and oxygen atoms in total. The maximum Gasteiger partial charge on any atom is 0.264 e. The predicted molar refractivity (Wildman–Crippen MR) is 100 cm³/mol. The first-order chi connectivity index (χ1) is 11.3. The van der Waals surface area contributed by atoms with E-state index in [9.17, 15) is 9.90 Å². The van der Waals surface area contributed by atoms with Gasteiger partial charge in [-0.1, -0.05) is 32.9 Å². The minimum Gasteiger partial charge on any atom is -0.494 e. The highest BCUT2D eigenvalue weighted by molar-refractivity contribution is 7.71. The third kappa shape index (κ3) is 3.82. The molecule has 1 aromatic carbocycles. The van der Waals surface area contributed by atoms with Crippen LogP contribution in [-0.4, -0.2) is 20.9 Å². The molecule has 2 rings (SSSR count). The summed E-state index contributed by atoms with van der Waals surface area (Å²) >= 11 is 5.15. The molecule has 0 aliphatic carbocycles. The van der Waals surface area contributed by atoms with E-state index in [0.29, 0.717) is 5.92 Å². The highest BCUT2D eigenvalue weighted by Crippen LogP contribution is 2.22. The van der Waals surface area contributed by atoms with Gasteiger partial charge >= 0.3 is 0 Å². The maximum absolute atomic E-state index is 12.1. The first kappa shape index (κ1) is 18.1. The van der Waals surface area contributed by atoms with Gasteiger partial charge in [0.2, 0.25) is 5.88 Å². The molecule has 1 heterocycles. The molecule has 2 aromatic rings. The molecule has 24 heavy (non-hydrogen) atoms. The molecule has 6 heteroatoms. The number of hydrogen-bond acceptors (Lipinski definition) is 4. The molecule has 0 spiro atoms. The summed E-state index contributed by atoms with van der Waals surface area (Å²) in [7, 11) is 0. The average Bonchev–Trinajstić information content (AvgIpc) is 2.54. The van der Waals surface area contributed by atoms with Crippen LogP contribution in [0.2, 0.25) is 0 Å². The third-order valence-electron chi connectivity index (χ3n) is 4.09. The predicted octanol–water partition coefficient (Wildman–Crippen LogP) is 4.46. The van der Waals surface area contributed by atoms with Gasteiger partial charge < -0.3 is 5.11 Å². The van der Waals surface area contributed by atoms with E-state index < -0.39 is 5.56 Å². The number of benzene rings is 1. The van der Waals surface area contributed by atoms with Crippen molar-refractivity contribution in [3.05, 3.63) is 50.5 Å². The monoisotopic (exact) mass is 345 g/mol. The number of aromatic nitrogens is 2. The van der Waals surface area contributed by atoms with Crippen molar-refractivity contribution >= 4 is 24.1 Å². The summed E-state index contributed by atoms with van der Waals surface area (Å²) in [4.78, 5) is 19.0. The Hall–Kier alpha value is -2.21. The van der Waals surface area contributed by atoms with E-state index >= 15 is 0 Å². The second kappa shape index (κ2) is 7.57. The summed E-state index contributed by atoms with van der Waals surface area (Å²) in [5, 5.41) is 10.4. The largest absolute Gasteiger partial charge is 0.494 e. The summed E-state index contributed by atoms with van der Waals surface area (Å²) in [5.41, 5.74) is 1.60. The normalized spacial score (nSPS) is 12.9. The molecule has 0 saturated carbocycles. The summed E-state index contributed by atoms with van der Waals surface area (Å²) in [5.74, 6) is 0.296. The first-order valence-corrected chi connectivity index (χ1v) is 8.47. The second-order valence-electron chi connectivity index (χ2n) is 6.13. The van der Waals surface area contributed by atoms with Gasteiger partial charge in [0.1, 0.15) is 5.56 Å². The van der Waals surface area contributed by atoms with E-state index in [1.807, 2.05) is 38.1 Å². The average molecular weight is 345 g/mol. The van der Waals surface area contributed by atoms with Crippen molar-refractivity contribution in [3.8, 4) is 5.88 Å². The minimum atomic E-state index is -0.445. The number of H-pyrrole nitrogens is 1. The molecule has 0 aliphatic heterocycles. The Bertz CT molecular complexity index is 848. The smallest absolute Gasteiger partial charge is 0.264 e. The molecule has 0 unspecified atom stereocenters. The van der Waals surface area contributed by atoms with Gasteiger partial charge in [-0.05, 0) is 49.2 Å². The van der Waals surface area contributed by atoms with E-state index in [-0.39, 0.29) is 22.3 Å². The van der Waals surface area contributed by atoms with Gasteiger partial charge in [-0.15, -0.1) is 0 Å². The van der Waals surface area contributed by atoms with Crippen LogP contribution in [0.4, 0.5) is 5.69 Å². The fourth-order valence-electron chi connectivity index (χ4n) is 2.34. The molecule has 0 bridgehead atoms. The van der Waals surface area contributed by atoms with E-state index in [4.69, 9.17) is 12.2 Å². The number of aromatic amines is 1. The fraction of sp³-hybridized carbons (Fsp3) is 0.389. The lowest BCUT2D eigenvalue weighted by Crippen LogP contribution is -2.20. The molecule has 0 aliphatic rings. The fourth-order valence-corrected chi connectivity index (χ4v) is 2.70. The van der Waals surface area contributed by atoms with E-state index in [1.54, 1.807) is 4.57 Å². The van der Waals surface area contributed by atoms with Crippen molar-refractivity contribution in [2.75, 3.05) is 0 Å². The van der Waals surface area contributed by atoms with Gasteiger partial charge in [0.05, 0.1) is 5.69 Å².